The van der Waals surface area contributed by atoms with Crippen molar-refractivity contribution in [2.75, 3.05) is 23.9 Å². The predicted octanol–water partition coefficient (Wildman–Crippen LogP) is 13.4. The molecular formula is C50H41Cl2N4O6P. The highest BCUT2D eigenvalue weighted by Crippen LogP contribution is 2.58. The van der Waals surface area contributed by atoms with Gasteiger partial charge < -0.3 is 32.8 Å². The maximum atomic E-state index is 15.1. The predicted molar refractivity (Wildman–Crippen MR) is 253 cm³/mol. The summed E-state index contributed by atoms with van der Waals surface area (Å²) in [4.78, 5) is 14.4. The molecule has 2 spiro atoms. The summed E-state index contributed by atoms with van der Waals surface area (Å²) in [5.74, 6) is 1.67. The monoisotopic (exact) mass is 894 g/mol. The summed E-state index contributed by atoms with van der Waals surface area (Å²) >= 11 is 12.8. The van der Waals surface area contributed by atoms with Gasteiger partial charge in [-0.25, -0.2) is 0 Å². The van der Waals surface area contributed by atoms with Crippen LogP contribution in [0.4, 0.5) is 22.7 Å². The Morgan fingerprint density at radius 3 is 1.49 bits per heavy atom. The average molecular weight is 896 g/mol. The first-order valence-corrected chi connectivity index (χ1v) is 22.8. The number of rotatable bonds is 6. The van der Waals surface area contributed by atoms with E-state index < -0.39 is 30.1 Å². The van der Waals surface area contributed by atoms with Gasteiger partial charge in [-0.15, -0.1) is 0 Å². The summed E-state index contributed by atoms with van der Waals surface area (Å²) in [5.41, 5.74) is 3.14. The number of hydrogen-bond donors (Lipinski definition) is 0. The summed E-state index contributed by atoms with van der Waals surface area (Å²) in [6.45, 7) is 8.66. The van der Waals surface area contributed by atoms with E-state index in [1.54, 1.807) is 30.3 Å². The molecule has 0 amide bonds. The van der Waals surface area contributed by atoms with Crippen molar-refractivity contribution < 1.29 is 27.6 Å². The van der Waals surface area contributed by atoms with Crippen LogP contribution in [-0.2, 0) is 15.4 Å². The molecule has 0 aromatic heterocycles. The van der Waals surface area contributed by atoms with E-state index in [9.17, 15) is 0 Å². The third-order valence-corrected chi connectivity index (χ3v) is 15.1. The van der Waals surface area contributed by atoms with E-state index >= 15 is 4.57 Å². The molecule has 0 fully saturated rings. The van der Waals surface area contributed by atoms with Crippen LogP contribution in [0.5, 0.6) is 28.7 Å². The molecular weight excluding hydrogens is 854 g/mol. The fourth-order valence-electron chi connectivity index (χ4n) is 9.81. The first kappa shape index (κ1) is 39.6. The first-order valence-electron chi connectivity index (χ1n) is 20.6. The van der Waals surface area contributed by atoms with Crippen LogP contribution in [0.1, 0.15) is 38.8 Å². The highest BCUT2D eigenvalue weighted by molar-refractivity contribution is 7.49. The van der Waals surface area contributed by atoms with Gasteiger partial charge in [-0.2, -0.15) is 4.57 Å². The van der Waals surface area contributed by atoms with Crippen molar-refractivity contribution in [3.05, 3.63) is 149 Å². The second-order valence-corrected chi connectivity index (χ2v) is 19.7. The van der Waals surface area contributed by atoms with Crippen LogP contribution < -0.4 is 32.8 Å². The molecule has 0 saturated carbocycles. The Morgan fingerprint density at radius 1 is 0.571 bits per heavy atom. The van der Waals surface area contributed by atoms with Crippen LogP contribution in [0.3, 0.4) is 0 Å². The maximum Gasteiger partial charge on any atom is 0.647 e. The Balaban J connectivity index is 0.948. The number of aliphatic imine (C=N–C) groups is 2. The molecule has 63 heavy (non-hydrogen) atoms. The van der Waals surface area contributed by atoms with E-state index in [0.717, 1.165) is 32.9 Å². The van der Waals surface area contributed by atoms with Crippen LogP contribution in [-0.4, -0.2) is 38.0 Å². The van der Waals surface area contributed by atoms with Crippen LogP contribution >= 0.6 is 31.0 Å². The number of anilines is 2. The second kappa shape index (κ2) is 13.7. The van der Waals surface area contributed by atoms with Crippen LogP contribution in [0.2, 0.25) is 10.0 Å². The van der Waals surface area contributed by atoms with E-state index in [4.69, 9.17) is 56.2 Å². The highest BCUT2D eigenvalue weighted by Gasteiger charge is 2.60. The van der Waals surface area contributed by atoms with Gasteiger partial charge in [-0.3, -0.25) is 9.98 Å². The minimum atomic E-state index is -4.58. The SMILES string of the molecule is CN1c2ccccc2C(C)(C)C12C=Nc1c(ccc3ccc(OP(=O)(Oc4ccc5ccc6c(c5c4)N=CC4(O6)N(C)c5ccccc5C4(C)C)Oc4ccc(Cl)cc4Cl)cc13)O2. The Labute approximate surface area is 374 Å². The van der Waals surface area contributed by atoms with E-state index in [-0.39, 0.29) is 22.3 Å². The summed E-state index contributed by atoms with van der Waals surface area (Å²) in [6.07, 6.45) is 3.75. The van der Waals surface area contributed by atoms with Crippen LogP contribution in [0.15, 0.2) is 137 Å². The molecule has 0 saturated heterocycles. The number of para-hydroxylation sites is 2. The highest BCUT2D eigenvalue weighted by atomic mass is 35.5. The first-order chi connectivity index (χ1) is 30.1. The third kappa shape index (κ3) is 5.74. The van der Waals surface area contributed by atoms with E-state index in [2.05, 4.69) is 61.8 Å². The molecule has 0 N–H and O–H groups in total. The zero-order chi connectivity index (χ0) is 43.7. The molecule has 10 nitrogen and oxygen atoms in total. The number of phosphoric ester groups is 1. The lowest BCUT2D eigenvalue weighted by Crippen LogP contribution is -2.61. The molecule has 11 rings (SSSR count). The van der Waals surface area contributed by atoms with Gasteiger partial charge in [0, 0.05) is 41.3 Å². The zero-order valence-electron chi connectivity index (χ0n) is 35.2. The minimum absolute atomic E-state index is 0.0564. The lowest BCUT2D eigenvalue weighted by Gasteiger charge is -2.45. The standard InChI is InChI=1S/C50H41Cl2N4O6P/c1-47(2)37-11-7-9-13-40(37)55(5)49(47)28-53-45-35-26-33(20-15-30(35)17-22-43(45)58-49)60-63(57,62-42-24-19-32(51)25-39(42)52)61-34-21-16-31-18-23-44-46(36(31)27-34)54-29-50(59-44)48(3,4)38-12-8-10-14-41(38)56(50)6/h7-29H,1-6H3. The van der Waals surface area contributed by atoms with Gasteiger partial charge in [0.1, 0.15) is 34.4 Å². The van der Waals surface area contributed by atoms with Crippen molar-refractivity contribution in [2.24, 2.45) is 9.98 Å². The van der Waals surface area contributed by atoms with E-state index in [1.165, 1.54) is 23.3 Å². The molecule has 4 aliphatic heterocycles. The van der Waals surface area contributed by atoms with Gasteiger partial charge in [-0.05, 0) is 116 Å². The number of benzene rings is 7. The molecule has 0 bridgehead atoms. The fourth-order valence-corrected chi connectivity index (χ4v) is 11.6. The minimum Gasteiger partial charge on any atom is -0.459 e. The van der Waals surface area contributed by atoms with Gasteiger partial charge in [-0.1, -0.05) is 83.9 Å². The average Bonchev–Trinajstić information content (AvgIpc) is 3.53. The van der Waals surface area contributed by atoms with Crippen molar-refractivity contribution in [2.45, 2.75) is 50.0 Å². The van der Waals surface area contributed by atoms with Gasteiger partial charge in [0.25, 0.3) is 0 Å². The molecule has 0 radical (unpaired) electrons. The summed E-state index contributed by atoms with van der Waals surface area (Å²) < 4.78 is 47.7. The number of phosphoric acid groups is 1. The van der Waals surface area contributed by atoms with Gasteiger partial charge in [0.05, 0.1) is 28.3 Å². The molecule has 7 aromatic carbocycles. The molecule has 13 heteroatoms. The fraction of sp³-hybridized carbons (Fsp3) is 0.200. The number of hydrogen-bond acceptors (Lipinski definition) is 10. The molecule has 7 aromatic rings. The number of ether oxygens (including phenoxy) is 2. The largest absolute Gasteiger partial charge is 0.647 e. The lowest BCUT2D eigenvalue weighted by molar-refractivity contribution is 0.0826. The van der Waals surface area contributed by atoms with E-state index in [1.807, 2.05) is 87.2 Å². The van der Waals surface area contributed by atoms with Gasteiger partial charge in [0.15, 0.2) is 5.75 Å². The zero-order valence-corrected chi connectivity index (χ0v) is 37.6. The van der Waals surface area contributed by atoms with Crippen molar-refractivity contribution in [3.63, 3.8) is 0 Å². The van der Waals surface area contributed by atoms with Crippen molar-refractivity contribution >= 4 is 87.7 Å². The number of halogens is 2. The Kier molecular flexibility index (Phi) is 8.59. The summed E-state index contributed by atoms with van der Waals surface area (Å²) in [7, 11) is -0.532. The quantitative estimate of drug-likeness (QED) is 0.152. The van der Waals surface area contributed by atoms with Crippen LogP contribution in [0.25, 0.3) is 21.5 Å². The summed E-state index contributed by atoms with van der Waals surface area (Å²) in [6, 6.07) is 39.6. The Hall–Kier alpha value is -6.19. The van der Waals surface area contributed by atoms with Crippen molar-refractivity contribution in [1.29, 1.82) is 0 Å². The van der Waals surface area contributed by atoms with Crippen molar-refractivity contribution in [1.82, 2.24) is 0 Å². The topological polar surface area (TPSA) is 94.4 Å². The molecule has 4 heterocycles. The maximum absolute atomic E-state index is 15.1. The number of fused-ring (bicyclic) bond motifs is 8. The Morgan fingerprint density at radius 2 is 1.03 bits per heavy atom. The van der Waals surface area contributed by atoms with Crippen molar-refractivity contribution in [3.8, 4) is 28.7 Å². The summed E-state index contributed by atoms with van der Waals surface area (Å²) in [5, 5.41) is 3.68. The van der Waals surface area contributed by atoms with E-state index in [0.29, 0.717) is 27.9 Å². The molecule has 2 atom stereocenters. The molecule has 0 aliphatic carbocycles. The Bertz CT molecular complexity index is 3030. The smallest absolute Gasteiger partial charge is 0.459 e. The normalized spacial score (nSPS) is 21.7. The van der Waals surface area contributed by atoms with Gasteiger partial charge in [0.2, 0.25) is 11.4 Å². The molecule has 4 aliphatic rings. The number of nitrogens with zero attached hydrogens (tertiary/aromatic N) is 4. The van der Waals surface area contributed by atoms with Gasteiger partial charge >= 0.3 is 7.82 Å². The molecule has 2 unspecified atom stereocenters. The lowest BCUT2D eigenvalue weighted by atomic mass is 9.77. The third-order valence-electron chi connectivity index (χ3n) is 13.3. The van der Waals surface area contributed by atoms with Crippen LogP contribution in [0, 0.1) is 0 Å². The molecule has 316 valence electrons. The number of likely N-dealkylation sites (N-methyl/N-ethyl adjacent to an activating group) is 2. The second-order valence-electron chi connectivity index (χ2n) is 17.4.